The Labute approximate surface area is 110 Å². The number of aryl methyl sites for hydroxylation is 1. The first-order valence-electron chi connectivity index (χ1n) is 6.19. The summed E-state index contributed by atoms with van der Waals surface area (Å²) in [5.74, 6) is -0.0267. The van der Waals surface area contributed by atoms with Crippen LogP contribution in [0, 0.1) is 12.7 Å². The number of Topliss-reactive ketones (excluding diaryl/α,β-unsaturated/α-hetero) is 1. The van der Waals surface area contributed by atoms with Crippen molar-refractivity contribution in [1.29, 1.82) is 0 Å². The highest BCUT2D eigenvalue weighted by Crippen LogP contribution is 2.35. The van der Waals surface area contributed by atoms with Crippen molar-refractivity contribution in [2.24, 2.45) is 0 Å². The highest BCUT2D eigenvalue weighted by atomic mass is 19.1. The van der Waals surface area contributed by atoms with E-state index < -0.39 is 5.82 Å². The second-order valence-corrected chi connectivity index (χ2v) is 4.79. The second kappa shape index (κ2) is 4.50. The zero-order valence-electron chi connectivity index (χ0n) is 10.5. The van der Waals surface area contributed by atoms with E-state index >= 15 is 0 Å². The van der Waals surface area contributed by atoms with E-state index in [9.17, 15) is 9.18 Å². The van der Waals surface area contributed by atoms with E-state index in [0.29, 0.717) is 11.3 Å². The summed E-state index contributed by atoms with van der Waals surface area (Å²) in [6.45, 7) is 2.00. The maximum Gasteiger partial charge on any atom is 0.170 e. The minimum Gasteiger partial charge on any atom is -0.484 e. The third-order valence-electron chi connectivity index (χ3n) is 3.30. The number of rotatable bonds is 1. The normalized spacial score (nSPS) is 17.8. The van der Waals surface area contributed by atoms with Crippen LogP contribution in [0.3, 0.4) is 0 Å². The first-order chi connectivity index (χ1) is 9.13. The molecule has 2 nitrogen and oxygen atoms in total. The van der Waals surface area contributed by atoms with E-state index in [1.807, 2.05) is 31.2 Å². The minimum absolute atomic E-state index is 0.0766. The van der Waals surface area contributed by atoms with E-state index in [1.165, 1.54) is 18.2 Å². The number of hydrogen-bond acceptors (Lipinski definition) is 2. The number of fused-ring (bicyclic) bond motifs is 1. The van der Waals surface area contributed by atoms with E-state index in [2.05, 4.69) is 0 Å². The number of benzene rings is 2. The molecule has 0 amide bonds. The molecule has 19 heavy (non-hydrogen) atoms. The largest absolute Gasteiger partial charge is 0.484 e. The van der Waals surface area contributed by atoms with Gasteiger partial charge in [-0.25, -0.2) is 4.39 Å². The molecule has 2 aromatic rings. The number of hydrogen-bond donors (Lipinski definition) is 0. The summed E-state index contributed by atoms with van der Waals surface area (Å²) in [6, 6.07) is 12.0. The zero-order chi connectivity index (χ0) is 13.4. The Morgan fingerprint density at radius 2 is 2.05 bits per heavy atom. The van der Waals surface area contributed by atoms with Crippen LogP contribution in [0.15, 0.2) is 42.5 Å². The highest BCUT2D eigenvalue weighted by molar-refractivity contribution is 6.00. The maximum atomic E-state index is 13.1. The Morgan fingerprint density at radius 3 is 2.84 bits per heavy atom. The molecule has 0 spiro atoms. The van der Waals surface area contributed by atoms with Gasteiger partial charge in [0.05, 0.1) is 12.0 Å². The molecule has 0 saturated carbocycles. The Hall–Kier alpha value is -2.16. The monoisotopic (exact) mass is 256 g/mol. The molecule has 2 aromatic carbocycles. The summed E-state index contributed by atoms with van der Waals surface area (Å²) in [4.78, 5) is 12.1. The number of ketones is 1. The Morgan fingerprint density at radius 1 is 1.21 bits per heavy atom. The Kier molecular flexibility index (Phi) is 2.82. The molecule has 0 N–H and O–H groups in total. The quantitative estimate of drug-likeness (QED) is 0.774. The minimum atomic E-state index is -0.412. The fraction of sp³-hybridized carbons (Fsp3) is 0.188. The summed E-state index contributed by atoms with van der Waals surface area (Å²) in [5.41, 5.74) is 2.44. The van der Waals surface area contributed by atoms with Crippen LogP contribution < -0.4 is 4.74 Å². The number of carbonyl (C=O) groups is 1. The predicted molar refractivity (Wildman–Crippen MR) is 69.9 cm³/mol. The van der Waals surface area contributed by atoms with Crippen LogP contribution in [0.25, 0.3) is 0 Å². The predicted octanol–water partition coefficient (Wildman–Crippen LogP) is 3.84. The molecule has 1 aliphatic heterocycles. The summed E-state index contributed by atoms with van der Waals surface area (Å²) in [5, 5.41) is 0. The third-order valence-corrected chi connectivity index (χ3v) is 3.30. The maximum absolute atomic E-state index is 13.1. The number of halogens is 1. The van der Waals surface area contributed by atoms with Gasteiger partial charge in [-0.15, -0.1) is 0 Å². The van der Waals surface area contributed by atoms with Gasteiger partial charge in [0, 0.05) is 0 Å². The molecular formula is C16H13FO2. The first-order valence-corrected chi connectivity index (χ1v) is 6.19. The summed E-state index contributed by atoms with van der Waals surface area (Å²) < 4.78 is 18.9. The number of carbonyl (C=O) groups excluding carboxylic acids is 1. The van der Waals surface area contributed by atoms with Crippen LogP contribution in [0.1, 0.15) is 34.0 Å². The van der Waals surface area contributed by atoms with Crippen LogP contribution in [-0.2, 0) is 0 Å². The van der Waals surface area contributed by atoms with Gasteiger partial charge in [-0.1, -0.05) is 29.8 Å². The van der Waals surface area contributed by atoms with Crippen molar-refractivity contribution in [3.63, 3.8) is 0 Å². The average Bonchev–Trinajstić information content (AvgIpc) is 2.39. The third kappa shape index (κ3) is 2.24. The molecule has 0 aliphatic carbocycles. The molecule has 0 aromatic heterocycles. The van der Waals surface area contributed by atoms with E-state index in [1.54, 1.807) is 0 Å². The molecule has 0 saturated heterocycles. The fourth-order valence-electron chi connectivity index (χ4n) is 2.35. The van der Waals surface area contributed by atoms with Crippen LogP contribution in [-0.4, -0.2) is 5.78 Å². The van der Waals surface area contributed by atoms with Crippen LogP contribution in [0.5, 0.6) is 5.75 Å². The summed E-state index contributed by atoms with van der Waals surface area (Å²) in [7, 11) is 0. The van der Waals surface area contributed by atoms with Gasteiger partial charge in [0.1, 0.15) is 17.7 Å². The highest BCUT2D eigenvalue weighted by Gasteiger charge is 2.27. The standard InChI is InChI=1S/C16H13FO2/c1-10-3-2-4-11(7-10)16-9-14(18)13-8-12(17)5-6-15(13)19-16/h2-8,16H,9H2,1H3. The Balaban J connectivity index is 1.97. The molecule has 0 fully saturated rings. The van der Waals surface area contributed by atoms with Gasteiger partial charge < -0.3 is 4.74 Å². The fourth-order valence-corrected chi connectivity index (χ4v) is 2.35. The van der Waals surface area contributed by atoms with E-state index in [-0.39, 0.29) is 18.3 Å². The smallest absolute Gasteiger partial charge is 0.170 e. The second-order valence-electron chi connectivity index (χ2n) is 4.79. The van der Waals surface area contributed by atoms with Gasteiger partial charge in [-0.05, 0) is 30.7 Å². The van der Waals surface area contributed by atoms with Crippen molar-refractivity contribution >= 4 is 5.78 Å². The molecule has 0 bridgehead atoms. The van der Waals surface area contributed by atoms with Crippen LogP contribution >= 0.6 is 0 Å². The van der Waals surface area contributed by atoms with Crippen LogP contribution in [0.4, 0.5) is 4.39 Å². The van der Waals surface area contributed by atoms with Crippen molar-refractivity contribution in [3.05, 3.63) is 65.0 Å². The van der Waals surface area contributed by atoms with Gasteiger partial charge in [0.2, 0.25) is 0 Å². The topological polar surface area (TPSA) is 26.3 Å². The van der Waals surface area contributed by atoms with Gasteiger partial charge in [0.15, 0.2) is 5.78 Å². The SMILES string of the molecule is Cc1cccc(C2CC(=O)c3cc(F)ccc3O2)c1. The lowest BCUT2D eigenvalue weighted by atomic mass is 9.95. The first kappa shape index (κ1) is 11.9. The van der Waals surface area contributed by atoms with Crippen molar-refractivity contribution in [2.75, 3.05) is 0 Å². The van der Waals surface area contributed by atoms with Crippen molar-refractivity contribution in [1.82, 2.24) is 0 Å². The lowest BCUT2D eigenvalue weighted by Gasteiger charge is -2.25. The van der Waals surface area contributed by atoms with E-state index in [0.717, 1.165) is 11.1 Å². The molecule has 1 atom stereocenters. The van der Waals surface area contributed by atoms with Gasteiger partial charge in [-0.2, -0.15) is 0 Å². The average molecular weight is 256 g/mol. The summed E-state index contributed by atoms with van der Waals surface area (Å²) >= 11 is 0. The zero-order valence-corrected chi connectivity index (χ0v) is 10.5. The van der Waals surface area contributed by atoms with Crippen molar-refractivity contribution < 1.29 is 13.9 Å². The molecule has 1 heterocycles. The molecule has 3 rings (SSSR count). The molecule has 1 aliphatic rings. The van der Waals surface area contributed by atoms with Gasteiger partial charge >= 0.3 is 0 Å². The molecule has 1 unspecified atom stereocenters. The molecule has 3 heteroatoms. The van der Waals surface area contributed by atoms with Gasteiger partial charge in [-0.3, -0.25) is 4.79 Å². The van der Waals surface area contributed by atoms with Crippen molar-refractivity contribution in [2.45, 2.75) is 19.4 Å². The molecule has 0 radical (unpaired) electrons. The van der Waals surface area contributed by atoms with Gasteiger partial charge in [0.25, 0.3) is 0 Å². The Bertz CT molecular complexity index is 649. The lowest BCUT2D eigenvalue weighted by molar-refractivity contribution is 0.0849. The molecule has 96 valence electrons. The summed E-state index contributed by atoms with van der Waals surface area (Å²) in [6.07, 6.45) is -0.0368. The van der Waals surface area contributed by atoms with Crippen molar-refractivity contribution in [3.8, 4) is 5.75 Å². The lowest BCUT2D eigenvalue weighted by Crippen LogP contribution is -2.20. The van der Waals surface area contributed by atoms with E-state index in [4.69, 9.17) is 4.74 Å². The number of ether oxygens (including phenoxy) is 1. The van der Waals surface area contributed by atoms with Crippen LogP contribution in [0.2, 0.25) is 0 Å². The molecular weight excluding hydrogens is 243 g/mol.